The molecule has 7 nitrogen and oxygen atoms in total. The lowest BCUT2D eigenvalue weighted by atomic mass is 9.68. The van der Waals surface area contributed by atoms with Gasteiger partial charge in [-0.1, -0.05) is 33.6 Å². The van der Waals surface area contributed by atoms with Gasteiger partial charge in [-0.25, -0.2) is 4.79 Å². The molecule has 1 rings (SSSR count). The van der Waals surface area contributed by atoms with Crippen LogP contribution in [0.25, 0.3) is 0 Å². The number of amides is 1. The Labute approximate surface area is 161 Å². The van der Waals surface area contributed by atoms with Gasteiger partial charge in [0.1, 0.15) is 6.04 Å². The van der Waals surface area contributed by atoms with Crippen LogP contribution < -0.4 is 5.73 Å². The Morgan fingerprint density at radius 1 is 1.27 bits per heavy atom. The molecule has 26 heavy (non-hydrogen) atoms. The Hall–Kier alpha value is -1.28. The van der Waals surface area contributed by atoms with E-state index >= 15 is 0 Å². The monoisotopic (exact) mass is 388 g/mol. The molecule has 0 saturated heterocycles. The molecule has 0 heterocycles. The van der Waals surface area contributed by atoms with Gasteiger partial charge >= 0.3 is 11.9 Å². The van der Waals surface area contributed by atoms with Crippen LogP contribution in [0, 0.1) is 11.3 Å². The molecule has 1 amide bonds. The molecule has 0 aliphatic heterocycles. The number of carboxylic acid groups (broad SMARTS) is 1. The Kier molecular flexibility index (Phi) is 8.40. The van der Waals surface area contributed by atoms with Crippen LogP contribution in [0.1, 0.15) is 52.9 Å². The summed E-state index contributed by atoms with van der Waals surface area (Å²) in [6, 6.07) is -2.29. The number of nitrogens with zero attached hydrogens (tertiary/aromatic N) is 1. The molecule has 1 unspecified atom stereocenters. The molecule has 4 atom stereocenters. The average Bonchev–Trinajstić information content (AvgIpc) is 2.57. The van der Waals surface area contributed by atoms with Crippen molar-refractivity contribution in [1.82, 2.24) is 4.90 Å². The van der Waals surface area contributed by atoms with Crippen LogP contribution in [0.5, 0.6) is 0 Å². The molecule has 0 spiro atoms. The van der Waals surface area contributed by atoms with Crippen molar-refractivity contribution in [1.29, 1.82) is 0 Å². The van der Waals surface area contributed by atoms with E-state index in [2.05, 4.69) is 33.4 Å². The first-order valence-electron chi connectivity index (χ1n) is 9.02. The van der Waals surface area contributed by atoms with Gasteiger partial charge in [0, 0.05) is 11.8 Å². The molecule has 0 radical (unpaired) electrons. The highest BCUT2D eigenvalue weighted by atomic mass is 32.1. The fourth-order valence-corrected chi connectivity index (χ4v) is 4.21. The highest BCUT2D eigenvalue weighted by Crippen LogP contribution is 2.41. The van der Waals surface area contributed by atoms with Crippen LogP contribution in [0.2, 0.25) is 0 Å². The number of ether oxygens (including phenoxy) is 1. The van der Waals surface area contributed by atoms with E-state index in [9.17, 15) is 14.4 Å². The van der Waals surface area contributed by atoms with E-state index in [1.807, 2.05) is 0 Å². The van der Waals surface area contributed by atoms with Crippen LogP contribution in [0.4, 0.5) is 0 Å². The number of hydrogen-bond acceptors (Lipinski definition) is 6. The molecule has 1 saturated carbocycles. The molecule has 150 valence electrons. The highest BCUT2D eigenvalue weighted by Gasteiger charge is 2.44. The van der Waals surface area contributed by atoms with Gasteiger partial charge in [-0.05, 0) is 24.2 Å². The number of thiol groups is 1. The topological polar surface area (TPSA) is 110 Å². The number of carboxylic acids is 1. The number of hydrogen-bond donors (Lipinski definition) is 3. The molecule has 0 aromatic heterocycles. The first kappa shape index (κ1) is 22.8. The first-order valence-corrected chi connectivity index (χ1v) is 9.66. The maximum atomic E-state index is 13.1. The van der Waals surface area contributed by atoms with Crippen LogP contribution in [-0.4, -0.2) is 58.8 Å². The van der Waals surface area contributed by atoms with Crippen molar-refractivity contribution in [2.24, 2.45) is 17.1 Å². The summed E-state index contributed by atoms with van der Waals surface area (Å²) in [5.41, 5.74) is 5.79. The summed E-state index contributed by atoms with van der Waals surface area (Å²) in [5, 5.41) is 9.00. The fraction of sp³-hybridized carbons (Fsp3) is 0.833. The Bertz CT molecular complexity index is 520. The molecule has 1 fully saturated rings. The van der Waals surface area contributed by atoms with Gasteiger partial charge in [0.25, 0.3) is 0 Å². The number of esters is 1. The summed E-state index contributed by atoms with van der Waals surface area (Å²) in [7, 11) is 1.26. The van der Waals surface area contributed by atoms with Crippen molar-refractivity contribution < 1.29 is 24.2 Å². The van der Waals surface area contributed by atoms with Crippen LogP contribution in [0.3, 0.4) is 0 Å². The van der Waals surface area contributed by atoms with E-state index in [1.54, 1.807) is 0 Å². The standard InChI is InChI=1S/C18H32N2O5S/c1-18(2,3)11-7-5-6-8-13(11)20(14(10-26)17(24)25-4)16(23)12(19)9-15(21)22/h11-14,26H,5-10,19H2,1-4H3,(H,21,22)/t11?,12-,13-,14-/m0/s1. The fourth-order valence-electron chi connectivity index (χ4n) is 3.88. The number of carbonyl (C=O) groups excluding carboxylic acids is 2. The zero-order valence-electron chi connectivity index (χ0n) is 16.1. The van der Waals surface area contributed by atoms with Gasteiger partial charge in [-0.15, -0.1) is 0 Å². The lowest BCUT2D eigenvalue weighted by Gasteiger charge is -2.48. The lowest BCUT2D eigenvalue weighted by Crippen LogP contribution is -2.60. The Balaban J connectivity index is 3.30. The van der Waals surface area contributed by atoms with Crippen molar-refractivity contribution in [3.63, 3.8) is 0 Å². The van der Waals surface area contributed by atoms with Gasteiger partial charge in [0.05, 0.1) is 19.6 Å². The third-order valence-corrected chi connectivity index (χ3v) is 5.49. The summed E-state index contributed by atoms with van der Waals surface area (Å²) >= 11 is 4.25. The van der Waals surface area contributed by atoms with E-state index in [0.717, 1.165) is 25.7 Å². The third kappa shape index (κ3) is 5.61. The normalized spacial score (nSPS) is 23.0. The zero-order valence-corrected chi connectivity index (χ0v) is 17.0. The molecule has 0 aromatic carbocycles. The van der Waals surface area contributed by atoms with Crippen molar-refractivity contribution in [3.05, 3.63) is 0 Å². The molecule has 0 bridgehead atoms. The van der Waals surface area contributed by atoms with Gasteiger partial charge in [-0.3, -0.25) is 9.59 Å². The lowest BCUT2D eigenvalue weighted by molar-refractivity contribution is -0.158. The molecule has 0 aromatic rings. The third-order valence-electron chi connectivity index (χ3n) is 5.15. The first-order chi connectivity index (χ1) is 12.0. The predicted octanol–water partition coefficient (Wildman–Crippen LogP) is 1.69. The summed E-state index contributed by atoms with van der Waals surface area (Å²) in [6.07, 6.45) is 3.20. The smallest absolute Gasteiger partial charge is 0.329 e. The van der Waals surface area contributed by atoms with Crippen molar-refractivity contribution in [2.75, 3.05) is 12.9 Å². The Morgan fingerprint density at radius 2 is 1.85 bits per heavy atom. The largest absolute Gasteiger partial charge is 0.481 e. The number of methoxy groups -OCH3 is 1. The van der Waals surface area contributed by atoms with E-state index in [1.165, 1.54) is 12.0 Å². The zero-order chi connectivity index (χ0) is 20.1. The van der Waals surface area contributed by atoms with Crippen LogP contribution in [-0.2, 0) is 19.1 Å². The maximum absolute atomic E-state index is 13.1. The average molecular weight is 389 g/mol. The molecular formula is C18H32N2O5S. The maximum Gasteiger partial charge on any atom is 0.329 e. The predicted molar refractivity (Wildman–Crippen MR) is 102 cm³/mol. The van der Waals surface area contributed by atoms with Gasteiger partial charge in [0.2, 0.25) is 5.91 Å². The summed E-state index contributed by atoms with van der Waals surface area (Å²) in [4.78, 5) is 37.9. The molecule has 8 heteroatoms. The number of nitrogens with two attached hydrogens (primary N) is 1. The van der Waals surface area contributed by atoms with E-state index in [4.69, 9.17) is 15.6 Å². The summed E-state index contributed by atoms with van der Waals surface area (Å²) in [5.74, 6) is -1.98. The molecular weight excluding hydrogens is 356 g/mol. The van der Waals surface area contributed by atoms with E-state index in [0.29, 0.717) is 0 Å². The van der Waals surface area contributed by atoms with Crippen molar-refractivity contribution in [2.45, 2.75) is 71.0 Å². The number of aliphatic carboxylic acids is 1. The second kappa shape index (κ2) is 9.60. The minimum absolute atomic E-state index is 0.0716. The number of rotatable bonds is 7. The van der Waals surface area contributed by atoms with Crippen molar-refractivity contribution >= 4 is 30.5 Å². The van der Waals surface area contributed by atoms with E-state index in [-0.39, 0.29) is 23.1 Å². The summed E-state index contributed by atoms with van der Waals surface area (Å²) < 4.78 is 4.87. The second-order valence-corrected chi connectivity index (χ2v) is 8.36. The van der Waals surface area contributed by atoms with Gasteiger partial charge < -0.3 is 20.5 Å². The van der Waals surface area contributed by atoms with Crippen molar-refractivity contribution in [3.8, 4) is 0 Å². The minimum Gasteiger partial charge on any atom is -0.481 e. The summed E-state index contributed by atoms with van der Waals surface area (Å²) in [6.45, 7) is 6.34. The Morgan fingerprint density at radius 3 is 2.31 bits per heavy atom. The minimum atomic E-state index is -1.21. The van der Waals surface area contributed by atoms with Gasteiger partial charge in [0.15, 0.2) is 0 Å². The van der Waals surface area contributed by atoms with Crippen LogP contribution >= 0.6 is 12.6 Å². The van der Waals surface area contributed by atoms with Crippen LogP contribution in [0.15, 0.2) is 0 Å². The molecule has 1 aliphatic carbocycles. The van der Waals surface area contributed by atoms with E-state index < -0.39 is 36.4 Å². The highest BCUT2D eigenvalue weighted by molar-refractivity contribution is 7.80. The molecule has 3 N–H and O–H groups in total. The second-order valence-electron chi connectivity index (χ2n) is 8.00. The number of carbonyl (C=O) groups is 3. The van der Waals surface area contributed by atoms with Gasteiger partial charge in [-0.2, -0.15) is 12.6 Å². The SMILES string of the molecule is COC(=O)[C@H](CS)N(C(=O)[C@@H](N)CC(=O)O)[C@H]1CCCCC1C(C)(C)C. The quantitative estimate of drug-likeness (QED) is 0.452. The molecule has 1 aliphatic rings.